The summed E-state index contributed by atoms with van der Waals surface area (Å²) in [6.45, 7) is 3.68. The molecule has 26 heavy (non-hydrogen) atoms. The van der Waals surface area contributed by atoms with Gasteiger partial charge in [0.1, 0.15) is 0 Å². The van der Waals surface area contributed by atoms with Crippen LogP contribution in [0.15, 0.2) is 18.2 Å². The number of hydrogen-bond donors (Lipinski definition) is 3. The Labute approximate surface area is 164 Å². The fourth-order valence-electron chi connectivity index (χ4n) is 2.27. The zero-order valence-electron chi connectivity index (χ0n) is 15.0. The number of carbonyl (C=O) groups excluding carboxylic acids is 3. The fraction of sp³-hybridized carbons (Fsp3) is 0.500. The van der Waals surface area contributed by atoms with Gasteiger partial charge in [-0.3, -0.25) is 14.4 Å². The molecule has 8 heteroatoms. The van der Waals surface area contributed by atoms with E-state index >= 15 is 0 Å². The molecule has 0 radical (unpaired) electrons. The number of hydrogen-bond acceptors (Lipinski definition) is 3. The van der Waals surface area contributed by atoms with E-state index in [0.717, 1.165) is 25.7 Å². The van der Waals surface area contributed by atoms with Crippen molar-refractivity contribution >= 4 is 40.9 Å². The molecule has 0 saturated heterocycles. The van der Waals surface area contributed by atoms with Crippen LogP contribution in [-0.4, -0.2) is 36.9 Å². The Morgan fingerprint density at radius 1 is 1.04 bits per heavy atom. The second-order valence-electron chi connectivity index (χ2n) is 6.05. The van der Waals surface area contributed by atoms with E-state index in [-0.39, 0.29) is 35.6 Å². The Hall–Kier alpha value is -1.79. The lowest BCUT2D eigenvalue weighted by molar-refractivity contribution is -0.125. The van der Waals surface area contributed by atoms with Crippen LogP contribution in [0.2, 0.25) is 10.0 Å². The van der Waals surface area contributed by atoms with Crippen molar-refractivity contribution in [2.24, 2.45) is 0 Å². The first-order valence-corrected chi connectivity index (χ1v) is 9.38. The first-order valence-electron chi connectivity index (χ1n) is 8.62. The van der Waals surface area contributed by atoms with Crippen molar-refractivity contribution in [1.29, 1.82) is 0 Å². The zero-order valence-corrected chi connectivity index (χ0v) is 16.5. The fourth-order valence-corrected chi connectivity index (χ4v) is 2.76. The zero-order chi connectivity index (χ0) is 19.5. The van der Waals surface area contributed by atoms with Crippen molar-refractivity contribution in [2.75, 3.05) is 13.1 Å². The number of nitrogens with one attached hydrogen (secondary N) is 3. The predicted octanol–water partition coefficient (Wildman–Crippen LogP) is 2.92. The van der Waals surface area contributed by atoms with Crippen LogP contribution < -0.4 is 16.0 Å². The molecule has 1 aromatic rings. The highest BCUT2D eigenvalue weighted by Gasteiger charge is 2.13. The van der Waals surface area contributed by atoms with Crippen molar-refractivity contribution in [2.45, 2.75) is 45.6 Å². The Morgan fingerprint density at radius 3 is 2.38 bits per heavy atom. The molecule has 3 amide bonds. The minimum atomic E-state index is -0.490. The van der Waals surface area contributed by atoms with Crippen LogP contribution in [0, 0.1) is 0 Å². The van der Waals surface area contributed by atoms with Crippen molar-refractivity contribution in [3.63, 3.8) is 0 Å². The van der Waals surface area contributed by atoms with E-state index in [1.54, 1.807) is 0 Å². The standard InChI is InChI=1S/C18H25Cl2N3O3/c1-3-4-5-6-12(2)23-17(25)11-21-16(24)10-22-18(26)14-8-7-13(19)9-15(14)20/h7-9,12H,3-6,10-11H2,1-2H3,(H,21,24)(H,22,26)(H,23,25). The van der Waals surface area contributed by atoms with Crippen LogP contribution in [0.5, 0.6) is 0 Å². The molecule has 144 valence electrons. The molecule has 0 aliphatic heterocycles. The highest BCUT2D eigenvalue weighted by Crippen LogP contribution is 2.20. The highest BCUT2D eigenvalue weighted by molar-refractivity contribution is 6.36. The van der Waals surface area contributed by atoms with Crippen LogP contribution in [-0.2, 0) is 9.59 Å². The van der Waals surface area contributed by atoms with Crippen LogP contribution in [0.4, 0.5) is 0 Å². The van der Waals surface area contributed by atoms with Crippen molar-refractivity contribution < 1.29 is 14.4 Å². The first-order chi connectivity index (χ1) is 12.3. The molecule has 1 atom stereocenters. The molecule has 0 heterocycles. The van der Waals surface area contributed by atoms with Gasteiger partial charge in [0.2, 0.25) is 11.8 Å². The average molecular weight is 402 g/mol. The Kier molecular flexibility index (Phi) is 10.1. The SMILES string of the molecule is CCCCCC(C)NC(=O)CNC(=O)CNC(=O)c1ccc(Cl)cc1Cl. The van der Waals surface area contributed by atoms with Gasteiger partial charge < -0.3 is 16.0 Å². The third-order valence-electron chi connectivity index (χ3n) is 3.68. The lowest BCUT2D eigenvalue weighted by atomic mass is 10.1. The second-order valence-corrected chi connectivity index (χ2v) is 6.89. The summed E-state index contributed by atoms with van der Waals surface area (Å²) >= 11 is 11.7. The van der Waals surface area contributed by atoms with Crippen LogP contribution in [0.3, 0.4) is 0 Å². The summed E-state index contributed by atoms with van der Waals surface area (Å²) in [5, 5.41) is 8.36. The summed E-state index contributed by atoms with van der Waals surface area (Å²) < 4.78 is 0. The quantitative estimate of drug-likeness (QED) is 0.526. The molecule has 0 bridgehead atoms. The predicted molar refractivity (Wildman–Crippen MR) is 104 cm³/mol. The Morgan fingerprint density at radius 2 is 1.73 bits per heavy atom. The molecular weight excluding hydrogens is 377 g/mol. The van der Waals surface area contributed by atoms with Gasteiger partial charge in [-0.1, -0.05) is 49.4 Å². The summed E-state index contributed by atoms with van der Waals surface area (Å²) in [5.41, 5.74) is 0.225. The average Bonchev–Trinajstić information content (AvgIpc) is 2.58. The van der Waals surface area contributed by atoms with Gasteiger partial charge in [0.25, 0.3) is 5.91 Å². The molecule has 1 unspecified atom stereocenters. The number of halogens is 2. The number of rotatable bonds is 10. The molecule has 0 spiro atoms. The molecule has 1 rings (SSSR count). The first kappa shape index (κ1) is 22.3. The summed E-state index contributed by atoms with van der Waals surface area (Å²) in [4.78, 5) is 35.5. The second kappa shape index (κ2) is 11.8. The lowest BCUT2D eigenvalue weighted by Crippen LogP contribution is -2.44. The Balaban J connectivity index is 2.29. The minimum absolute atomic E-state index is 0.0673. The molecule has 0 aliphatic rings. The molecule has 0 fully saturated rings. The van der Waals surface area contributed by atoms with Crippen molar-refractivity contribution in [1.82, 2.24) is 16.0 Å². The summed E-state index contributed by atoms with van der Waals surface area (Å²) in [7, 11) is 0. The topological polar surface area (TPSA) is 87.3 Å². The largest absolute Gasteiger partial charge is 0.352 e. The number of amides is 3. The van der Waals surface area contributed by atoms with Gasteiger partial charge in [-0.2, -0.15) is 0 Å². The molecule has 1 aromatic carbocycles. The summed E-state index contributed by atoms with van der Waals surface area (Å²) in [6, 6.07) is 4.53. The number of unbranched alkanes of at least 4 members (excludes halogenated alkanes) is 2. The van der Waals surface area contributed by atoms with E-state index in [1.165, 1.54) is 18.2 Å². The maximum Gasteiger partial charge on any atom is 0.253 e. The van der Waals surface area contributed by atoms with Gasteiger partial charge in [-0.15, -0.1) is 0 Å². The molecule has 3 N–H and O–H groups in total. The van der Waals surface area contributed by atoms with Crippen molar-refractivity contribution in [3.05, 3.63) is 33.8 Å². The van der Waals surface area contributed by atoms with Crippen LogP contribution in [0.1, 0.15) is 49.9 Å². The third kappa shape index (κ3) is 8.54. The molecule has 0 aliphatic carbocycles. The molecular formula is C18H25Cl2N3O3. The third-order valence-corrected chi connectivity index (χ3v) is 4.23. The van der Waals surface area contributed by atoms with Crippen LogP contribution in [0.25, 0.3) is 0 Å². The van der Waals surface area contributed by atoms with E-state index in [4.69, 9.17) is 23.2 Å². The molecule has 0 aromatic heterocycles. The van der Waals surface area contributed by atoms with Gasteiger partial charge in [0, 0.05) is 11.1 Å². The van der Waals surface area contributed by atoms with E-state index in [1.807, 2.05) is 6.92 Å². The monoisotopic (exact) mass is 401 g/mol. The Bertz CT molecular complexity index is 638. The van der Waals surface area contributed by atoms with Gasteiger partial charge in [0.05, 0.1) is 23.7 Å². The van der Waals surface area contributed by atoms with Crippen LogP contribution >= 0.6 is 23.2 Å². The number of carbonyl (C=O) groups is 3. The molecule has 6 nitrogen and oxygen atoms in total. The maximum absolute atomic E-state index is 12.0. The number of benzene rings is 1. The van der Waals surface area contributed by atoms with E-state index in [2.05, 4.69) is 22.9 Å². The summed E-state index contributed by atoms with van der Waals surface area (Å²) in [5.74, 6) is -1.21. The lowest BCUT2D eigenvalue weighted by Gasteiger charge is -2.14. The molecule has 0 saturated carbocycles. The minimum Gasteiger partial charge on any atom is -0.352 e. The van der Waals surface area contributed by atoms with Gasteiger partial charge in [0.15, 0.2) is 0 Å². The van der Waals surface area contributed by atoms with E-state index in [9.17, 15) is 14.4 Å². The van der Waals surface area contributed by atoms with E-state index in [0.29, 0.717) is 5.02 Å². The van der Waals surface area contributed by atoms with Gasteiger partial charge in [-0.05, 0) is 31.5 Å². The smallest absolute Gasteiger partial charge is 0.253 e. The van der Waals surface area contributed by atoms with Gasteiger partial charge >= 0.3 is 0 Å². The summed E-state index contributed by atoms with van der Waals surface area (Å²) in [6.07, 6.45) is 4.23. The van der Waals surface area contributed by atoms with Crippen molar-refractivity contribution in [3.8, 4) is 0 Å². The maximum atomic E-state index is 12.0. The van der Waals surface area contributed by atoms with E-state index < -0.39 is 11.8 Å². The normalized spacial score (nSPS) is 11.5. The van der Waals surface area contributed by atoms with Gasteiger partial charge in [-0.25, -0.2) is 0 Å². The highest BCUT2D eigenvalue weighted by atomic mass is 35.5.